The fourth-order valence-corrected chi connectivity index (χ4v) is 1.58. The highest BCUT2D eigenvalue weighted by atomic mass is 35.5. The highest BCUT2D eigenvalue weighted by Crippen LogP contribution is 2.34. The Kier molecular flexibility index (Phi) is 3.10. The number of aromatic hydroxyl groups is 1. The number of phenols is 1. The van der Waals surface area contributed by atoms with Crippen LogP contribution < -0.4 is 0 Å². The van der Waals surface area contributed by atoms with Crippen LogP contribution in [0.5, 0.6) is 5.75 Å². The van der Waals surface area contributed by atoms with Crippen LogP contribution >= 0.6 is 35.0 Å². The lowest BCUT2D eigenvalue weighted by Gasteiger charge is -2.00. The van der Waals surface area contributed by atoms with E-state index in [1.165, 1.54) is 12.1 Å². The zero-order valence-corrected chi connectivity index (χ0v) is 8.04. The molecule has 0 aliphatic carbocycles. The van der Waals surface area contributed by atoms with Gasteiger partial charge in [-0.25, -0.2) is 0 Å². The minimum atomic E-state index is -0.0797. The van der Waals surface area contributed by atoms with E-state index in [1.807, 2.05) is 5.40 Å². The Morgan fingerprint density at radius 1 is 1.33 bits per heavy atom. The number of benzene rings is 1. The lowest BCUT2D eigenvalue weighted by molar-refractivity contribution is 0.475. The average molecular weight is 220 g/mol. The van der Waals surface area contributed by atoms with Crippen LogP contribution in [0.2, 0.25) is 10.0 Å². The van der Waals surface area contributed by atoms with Crippen LogP contribution in [0, 0.1) is 10.7 Å². The van der Waals surface area contributed by atoms with E-state index in [0.29, 0.717) is 9.92 Å². The second-order valence-electron chi connectivity index (χ2n) is 1.93. The van der Waals surface area contributed by atoms with Crippen molar-refractivity contribution in [3.63, 3.8) is 0 Å². The Hall–Kier alpha value is -0.560. The molecule has 5 heteroatoms. The highest BCUT2D eigenvalue weighted by Gasteiger charge is 2.06. The number of phenolic OH excluding ortho intramolecular Hbond substituents is 1. The number of hydrogen-bond donors (Lipinski definition) is 1. The Bertz CT molecular complexity index is 348. The number of rotatable bonds is 1. The summed E-state index contributed by atoms with van der Waals surface area (Å²) in [5, 5.41) is 19.8. The van der Waals surface area contributed by atoms with Crippen molar-refractivity contribution >= 4 is 35.0 Å². The van der Waals surface area contributed by atoms with Gasteiger partial charge in [-0.3, -0.25) is 0 Å². The first-order valence-electron chi connectivity index (χ1n) is 2.89. The number of hydrogen-bond acceptors (Lipinski definition) is 3. The fraction of sp³-hybridized carbons (Fsp3) is 0. The summed E-state index contributed by atoms with van der Waals surface area (Å²) in [5.74, 6) is -0.0797. The number of thioether (sulfide) groups is 1. The molecule has 1 aromatic carbocycles. The molecule has 0 saturated heterocycles. The van der Waals surface area contributed by atoms with E-state index >= 15 is 0 Å². The molecule has 0 spiro atoms. The summed E-state index contributed by atoms with van der Waals surface area (Å²) >= 11 is 12.2. The van der Waals surface area contributed by atoms with Gasteiger partial charge in [0.1, 0.15) is 11.2 Å². The number of halogens is 2. The van der Waals surface area contributed by atoms with Gasteiger partial charge in [0, 0.05) is 11.0 Å². The molecule has 1 N–H and O–H groups in total. The van der Waals surface area contributed by atoms with Crippen molar-refractivity contribution in [3.05, 3.63) is 22.2 Å². The lowest BCUT2D eigenvalue weighted by Crippen LogP contribution is -1.74. The van der Waals surface area contributed by atoms with Crippen molar-refractivity contribution in [2.45, 2.75) is 4.90 Å². The SMILES string of the molecule is N#CSc1cc(Cl)c(O)cc1Cl. The molecule has 0 aliphatic rings. The van der Waals surface area contributed by atoms with Crippen LogP contribution in [0.15, 0.2) is 17.0 Å². The second kappa shape index (κ2) is 3.90. The van der Waals surface area contributed by atoms with Gasteiger partial charge in [-0.2, -0.15) is 5.26 Å². The average Bonchev–Trinajstić information content (AvgIpc) is 2.01. The first kappa shape index (κ1) is 9.53. The molecule has 62 valence electrons. The van der Waals surface area contributed by atoms with Gasteiger partial charge in [0.15, 0.2) is 0 Å². The largest absolute Gasteiger partial charge is 0.506 e. The molecule has 12 heavy (non-hydrogen) atoms. The van der Waals surface area contributed by atoms with Gasteiger partial charge in [0.2, 0.25) is 0 Å². The third kappa shape index (κ3) is 1.98. The summed E-state index contributed by atoms with van der Waals surface area (Å²) in [6.45, 7) is 0. The Labute approximate surface area is 83.7 Å². The van der Waals surface area contributed by atoms with E-state index in [-0.39, 0.29) is 10.8 Å². The maximum absolute atomic E-state index is 9.08. The fourth-order valence-electron chi connectivity index (χ4n) is 0.645. The molecular weight excluding hydrogens is 217 g/mol. The first-order valence-corrected chi connectivity index (χ1v) is 4.46. The monoisotopic (exact) mass is 219 g/mol. The number of thiocyanates is 1. The third-order valence-electron chi connectivity index (χ3n) is 1.16. The zero-order valence-electron chi connectivity index (χ0n) is 5.71. The molecule has 1 aromatic rings. The molecule has 0 saturated carbocycles. The van der Waals surface area contributed by atoms with Crippen molar-refractivity contribution in [1.29, 1.82) is 5.26 Å². The molecule has 1 rings (SSSR count). The molecule has 0 aromatic heterocycles. The lowest BCUT2D eigenvalue weighted by atomic mass is 10.3. The van der Waals surface area contributed by atoms with Crippen LogP contribution in [-0.2, 0) is 0 Å². The van der Waals surface area contributed by atoms with Gasteiger partial charge in [-0.05, 0) is 17.8 Å². The van der Waals surface area contributed by atoms with Crippen molar-refractivity contribution in [2.24, 2.45) is 0 Å². The third-order valence-corrected chi connectivity index (χ3v) is 2.53. The summed E-state index contributed by atoms with van der Waals surface area (Å²) in [6, 6.07) is 2.76. The predicted molar refractivity (Wildman–Crippen MR) is 49.6 cm³/mol. The molecule has 0 amide bonds. The minimum absolute atomic E-state index is 0.0797. The molecule has 0 unspecified atom stereocenters. The van der Waals surface area contributed by atoms with Gasteiger partial charge < -0.3 is 5.11 Å². The van der Waals surface area contributed by atoms with E-state index in [1.54, 1.807) is 0 Å². The molecular formula is C7H3Cl2NOS. The summed E-state index contributed by atoms with van der Waals surface area (Å²) in [4.78, 5) is 0.543. The van der Waals surface area contributed by atoms with Crippen molar-refractivity contribution in [2.75, 3.05) is 0 Å². The van der Waals surface area contributed by atoms with E-state index < -0.39 is 0 Å². The first-order chi connectivity index (χ1) is 5.65. The summed E-state index contributed by atoms with van der Waals surface area (Å²) < 4.78 is 0. The van der Waals surface area contributed by atoms with Crippen molar-refractivity contribution in [1.82, 2.24) is 0 Å². The molecule has 0 heterocycles. The number of nitrogens with zero attached hydrogens (tertiary/aromatic N) is 1. The number of nitriles is 1. The molecule has 2 nitrogen and oxygen atoms in total. The Morgan fingerprint density at radius 3 is 2.58 bits per heavy atom. The predicted octanol–water partition coefficient (Wildman–Crippen LogP) is 3.27. The quantitative estimate of drug-likeness (QED) is 0.583. The van der Waals surface area contributed by atoms with Gasteiger partial charge in [0.05, 0.1) is 10.0 Å². The van der Waals surface area contributed by atoms with Crippen LogP contribution in [0.25, 0.3) is 0 Å². The smallest absolute Gasteiger partial charge is 0.138 e. The van der Waals surface area contributed by atoms with Crippen LogP contribution in [0.1, 0.15) is 0 Å². The molecule has 0 atom stereocenters. The van der Waals surface area contributed by atoms with Crippen LogP contribution in [-0.4, -0.2) is 5.11 Å². The van der Waals surface area contributed by atoms with E-state index in [9.17, 15) is 0 Å². The van der Waals surface area contributed by atoms with E-state index in [4.69, 9.17) is 33.6 Å². The normalized spacial score (nSPS) is 9.42. The van der Waals surface area contributed by atoms with E-state index in [0.717, 1.165) is 11.8 Å². The van der Waals surface area contributed by atoms with Gasteiger partial charge in [0.25, 0.3) is 0 Å². The van der Waals surface area contributed by atoms with E-state index in [2.05, 4.69) is 0 Å². The molecule has 0 radical (unpaired) electrons. The van der Waals surface area contributed by atoms with Crippen molar-refractivity contribution < 1.29 is 5.11 Å². The zero-order chi connectivity index (χ0) is 9.14. The molecule has 0 bridgehead atoms. The topological polar surface area (TPSA) is 44.0 Å². The van der Waals surface area contributed by atoms with Gasteiger partial charge in [-0.15, -0.1) is 0 Å². The molecule has 0 fully saturated rings. The van der Waals surface area contributed by atoms with Crippen LogP contribution in [0.3, 0.4) is 0 Å². The summed E-state index contributed by atoms with van der Waals surface area (Å²) in [5.41, 5.74) is 0. The van der Waals surface area contributed by atoms with Gasteiger partial charge >= 0.3 is 0 Å². The Balaban J connectivity index is 3.16. The maximum atomic E-state index is 9.08. The van der Waals surface area contributed by atoms with Gasteiger partial charge in [-0.1, -0.05) is 23.2 Å². The maximum Gasteiger partial charge on any atom is 0.138 e. The standard InChI is InChI=1S/C7H3Cl2NOS/c8-4-2-7(12-3-10)5(9)1-6(4)11/h1-2,11H. The second-order valence-corrected chi connectivity index (χ2v) is 3.57. The summed E-state index contributed by atoms with van der Waals surface area (Å²) in [7, 11) is 0. The van der Waals surface area contributed by atoms with Crippen LogP contribution in [0.4, 0.5) is 0 Å². The summed E-state index contributed by atoms with van der Waals surface area (Å²) in [6.07, 6.45) is 0. The Morgan fingerprint density at radius 2 is 2.00 bits per heavy atom. The molecule has 0 aliphatic heterocycles. The van der Waals surface area contributed by atoms with Crippen molar-refractivity contribution in [3.8, 4) is 11.2 Å². The highest BCUT2D eigenvalue weighted by molar-refractivity contribution is 8.03. The minimum Gasteiger partial charge on any atom is -0.506 e.